The Labute approximate surface area is 184 Å². The summed E-state index contributed by atoms with van der Waals surface area (Å²) >= 11 is 5.99. The summed E-state index contributed by atoms with van der Waals surface area (Å²) in [6, 6.07) is 7.30. The molecule has 0 aliphatic heterocycles. The van der Waals surface area contributed by atoms with Crippen LogP contribution in [0.2, 0.25) is 5.02 Å². The fourth-order valence-electron chi connectivity index (χ4n) is 3.23. The predicted octanol–water partition coefficient (Wildman–Crippen LogP) is 1.71. The van der Waals surface area contributed by atoms with Crippen molar-refractivity contribution in [1.29, 1.82) is 0 Å². The number of nitrogens with zero attached hydrogens (tertiary/aromatic N) is 4. The van der Waals surface area contributed by atoms with Crippen LogP contribution in [-0.2, 0) is 25.4 Å². The van der Waals surface area contributed by atoms with Crippen LogP contribution in [0.4, 0.5) is 5.95 Å². The molecule has 10 heteroatoms. The Morgan fingerprint density at radius 2 is 1.81 bits per heavy atom. The van der Waals surface area contributed by atoms with Crippen molar-refractivity contribution < 1.29 is 4.79 Å². The van der Waals surface area contributed by atoms with Crippen molar-refractivity contribution in [3.05, 3.63) is 55.7 Å². The lowest BCUT2D eigenvalue weighted by Gasteiger charge is -2.13. The number of hydrogen-bond acceptors (Lipinski definition) is 5. The van der Waals surface area contributed by atoms with Gasteiger partial charge in [-0.25, -0.2) is 4.79 Å². The highest BCUT2D eigenvalue weighted by Crippen LogP contribution is 2.19. The first-order chi connectivity index (χ1) is 14.7. The second kappa shape index (κ2) is 9.38. The zero-order valence-corrected chi connectivity index (χ0v) is 18.9. The molecule has 166 valence electrons. The monoisotopic (exact) mass is 446 g/mol. The molecule has 9 nitrogen and oxygen atoms in total. The van der Waals surface area contributed by atoms with Gasteiger partial charge in [-0.1, -0.05) is 37.6 Å². The highest BCUT2D eigenvalue weighted by Gasteiger charge is 2.19. The van der Waals surface area contributed by atoms with Gasteiger partial charge in [-0.3, -0.25) is 23.3 Å². The topological polar surface area (TPSA) is 103 Å². The van der Waals surface area contributed by atoms with E-state index in [0.717, 1.165) is 16.6 Å². The Hall–Kier alpha value is -3.07. The number of hydrogen-bond donors (Lipinski definition) is 2. The third kappa shape index (κ3) is 4.66. The molecule has 0 fully saturated rings. The Morgan fingerprint density at radius 3 is 2.45 bits per heavy atom. The van der Waals surface area contributed by atoms with Gasteiger partial charge in [0.15, 0.2) is 11.2 Å². The van der Waals surface area contributed by atoms with Crippen LogP contribution in [0.3, 0.4) is 0 Å². The number of nitrogens with one attached hydrogen (secondary N) is 2. The zero-order valence-electron chi connectivity index (χ0n) is 18.1. The van der Waals surface area contributed by atoms with Crippen LogP contribution in [0.5, 0.6) is 0 Å². The zero-order chi connectivity index (χ0) is 22.7. The third-order valence-corrected chi connectivity index (χ3v) is 5.62. The van der Waals surface area contributed by atoms with Crippen molar-refractivity contribution in [2.45, 2.75) is 26.8 Å². The Bertz CT molecular complexity index is 1210. The molecule has 0 radical (unpaired) electrons. The summed E-state index contributed by atoms with van der Waals surface area (Å²) < 4.78 is 4.17. The predicted molar refractivity (Wildman–Crippen MR) is 122 cm³/mol. The second-order valence-corrected chi connectivity index (χ2v) is 7.99. The minimum atomic E-state index is -0.444. The van der Waals surface area contributed by atoms with E-state index in [-0.39, 0.29) is 11.8 Å². The second-order valence-electron chi connectivity index (χ2n) is 7.55. The Kier molecular flexibility index (Phi) is 6.84. The van der Waals surface area contributed by atoms with Gasteiger partial charge in [0.25, 0.3) is 5.56 Å². The highest BCUT2D eigenvalue weighted by atomic mass is 35.5. The van der Waals surface area contributed by atoms with E-state index in [1.807, 2.05) is 26.0 Å². The average molecular weight is 447 g/mol. The SMILES string of the molecule is CCC(C)C(=O)NCCNc1nc2c(c(=O)n(C)c(=O)n2C)n1Cc1ccc(Cl)cc1. The molecule has 1 amide bonds. The first-order valence-electron chi connectivity index (χ1n) is 10.2. The van der Waals surface area contributed by atoms with E-state index >= 15 is 0 Å². The van der Waals surface area contributed by atoms with Gasteiger partial charge in [0.1, 0.15) is 0 Å². The lowest BCUT2D eigenvalue weighted by Crippen LogP contribution is -2.37. The molecule has 0 spiro atoms. The fourth-order valence-corrected chi connectivity index (χ4v) is 3.35. The van der Waals surface area contributed by atoms with Crippen LogP contribution in [0.25, 0.3) is 11.2 Å². The van der Waals surface area contributed by atoms with Gasteiger partial charge in [0, 0.05) is 38.1 Å². The van der Waals surface area contributed by atoms with Crippen LogP contribution in [-0.4, -0.2) is 37.7 Å². The molecule has 1 atom stereocenters. The number of carbonyl (C=O) groups is 1. The molecule has 2 N–H and O–H groups in total. The van der Waals surface area contributed by atoms with Crippen molar-refractivity contribution >= 4 is 34.6 Å². The van der Waals surface area contributed by atoms with Crippen molar-refractivity contribution in [3.63, 3.8) is 0 Å². The van der Waals surface area contributed by atoms with Gasteiger partial charge in [-0.05, 0) is 24.1 Å². The van der Waals surface area contributed by atoms with E-state index in [9.17, 15) is 14.4 Å². The van der Waals surface area contributed by atoms with E-state index in [2.05, 4.69) is 15.6 Å². The normalized spacial score (nSPS) is 12.2. The number of fused-ring (bicyclic) bond motifs is 1. The quantitative estimate of drug-likeness (QED) is 0.513. The first-order valence-corrected chi connectivity index (χ1v) is 10.5. The summed E-state index contributed by atoms with van der Waals surface area (Å²) in [5, 5.41) is 6.69. The number of aromatic nitrogens is 4. The smallest absolute Gasteiger partial charge is 0.332 e. The molecular weight excluding hydrogens is 420 g/mol. The van der Waals surface area contributed by atoms with Crippen LogP contribution >= 0.6 is 11.6 Å². The molecule has 0 bridgehead atoms. The number of aryl methyl sites for hydroxylation is 1. The largest absolute Gasteiger partial charge is 0.354 e. The molecule has 31 heavy (non-hydrogen) atoms. The summed E-state index contributed by atoms with van der Waals surface area (Å²) in [7, 11) is 3.03. The summed E-state index contributed by atoms with van der Waals surface area (Å²) in [6.07, 6.45) is 0.771. The van der Waals surface area contributed by atoms with E-state index in [1.165, 1.54) is 11.6 Å². The van der Waals surface area contributed by atoms with Crippen molar-refractivity contribution in [2.24, 2.45) is 20.0 Å². The summed E-state index contributed by atoms with van der Waals surface area (Å²) in [4.78, 5) is 41.7. The lowest BCUT2D eigenvalue weighted by molar-refractivity contribution is -0.124. The van der Waals surface area contributed by atoms with E-state index in [1.54, 1.807) is 23.7 Å². The van der Waals surface area contributed by atoms with Crippen molar-refractivity contribution in [1.82, 2.24) is 24.0 Å². The van der Waals surface area contributed by atoms with Gasteiger partial charge in [-0.15, -0.1) is 0 Å². The molecule has 0 saturated carbocycles. The maximum absolute atomic E-state index is 12.9. The number of benzene rings is 1. The van der Waals surface area contributed by atoms with Crippen molar-refractivity contribution in [3.8, 4) is 0 Å². The van der Waals surface area contributed by atoms with Gasteiger partial charge < -0.3 is 10.6 Å². The van der Waals surface area contributed by atoms with Crippen LogP contribution in [0, 0.1) is 5.92 Å². The molecule has 0 aliphatic rings. The fraction of sp³-hybridized carbons (Fsp3) is 0.429. The Morgan fingerprint density at radius 1 is 1.13 bits per heavy atom. The molecule has 3 aromatic rings. The number of carbonyl (C=O) groups excluding carboxylic acids is 1. The van der Waals surface area contributed by atoms with Crippen LogP contribution in [0.15, 0.2) is 33.9 Å². The molecule has 0 aliphatic carbocycles. The average Bonchev–Trinajstić information content (AvgIpc) is 3.12. The van der Waals surface area contributed by atoms with Gasteiger partial charge >= 0.3 is 5.69 Å². The maximum atomic E-state index is 12.9. The highest BCUT2D eigenvalue weighted by molar-refractivity contribution is 6.30. The number of imidazole rings is 1. The van der Waals surface area contributed by atoms with Gasteiger partial charge in [0.05, 0.1) is 6.54 Å². The number of anilines is 1. The van der Waals surface area contributed by atoms with Crippen LogP contribution in [0.1, 0.15) is 25.8 Å². The van der Waals surface area contributed by atoms with Crippen LogP contribution < -0.4 is 21.9 Å². The van der Waals surface area contributed by atoms with E-state index in [4.69, 9.17) is 11.6 Å². The molecular formula is C21H27ClN6O3. The molecule has 1 unspecified atom stereocenters. The molecule has 3 rings (SSSR count). The lowest BCUT2D eigenvalue weighted by atomic mass is 10.1. The van der Waals surface area contributed by atoms with Crippen molar-refractivity contribution in [2.75, 3.05) is 18.4 Å². The van der Waals surface area contributed by atoms with E-state index < -0.39 is 11.2 Å². The summed E-state index contributed by atoms with van der Waals surface area (Å²) in [5.41, 5.74) is 0.685. The Balaban J connectivity index is 1.95. The minimum Gasteiger partial charge on any atom is -0.354 e. The standard InChI is InChI=1S/C21H27ClN6O3/c1-5-13(2)18(29)23-10-11-24-20-25-17-16(19(30)27(4)21(31)26(17)3)28(20)12-14-6-8-15(22)9-7-14/h6-9,13H,5,10-12H2,1-4H3,(H,23,29)(H,24,25). The maximum Gasteiger partial charge on any atom is 0.332 e. The number of rotatable bonds is 8. The molecule has 2 aromatic heterocycles. The number of halogens is 1. The molecule has 1 aromatic carbocycles. The summed E-state index contributed by atoms with van der Waals surface area (Å²) in [5.74, 6) is 0.392. The van der Waals surface area contributed by atoms with E-state index in [0.29, 0.717) is 41.8 Å². The molecule has 2 heterocycles. The minimum absolute atomic E-state index is 0.00441. The van der Waals surface area contributed by atoms with Gasteiger partial charge in [0.2, 0.25) is 11.9 Å². The molecule has 0 saturated heterocycles. The third-order valence-electron chi connectivity index (χ3n) is 5.37. The van der Waals surface area contributed by atoms with Gasteiger partial charge in [-0.2, -0.15) is 4.98 Å². The summed E-state index contributed by atoms with van der Waals surface area (Å²) in [6.45, 7) is 5.03. The first kappa shape index (κ1) is 22.6. The number of amides is 1.